The Labute approximate surface area is 126 Å². The van der Waals surface area contributed by atoms with Gasteiger partial charge in [0.1, 0.15) is 5.15 Å². The van der Waals surface area contributed by atoms with Crippen LogP contribution in [0.2, 0.25) is 5.15 Å². The number of nitrogens with one attached hydrogen (secondary N) is 1. The molecule has 0 bridgehead atoms. The smallest absolute Gasteiger partial charge is 0.252 e. The highest BCUT2D eigenvalue weighted by molar-refractivity contribution is 6.30. The van der Waals surface area contributed by atoms with E-state index in [4.69, 9.17) is 11.6 Å². The fourth-order valence-electron chi connectivity index (χ4n) is 2.11. The lowest BCUT2D eigenvalue weighted by Gasteiger charge is -2.08. The number of carbonyl (C=O) groups is 1. The summed E-state index contributed by atoms with van der Waals surface area (Å²) in [6.07, 6.45) is 3.42. The number of fused-ring (bicyclic) bond motifs is 1. The molecule has 2 aromatic heterocycles. The van der Waals surface area contributed by atoms with Crippen LogP contribution in [0.3, 0.4) is 0 Å². The third-order valence-corrected chi connectivity index (χ3v) is 3.30. The maximum Gasteiger partial charge on any atom is 0.252 e. The zero-order chi connectivity index (χ0) is 14.7. The van der Waals surface area contributed by atoms with Crippen LogP contribution in [-0.2, 0) is 6.54 Å². The Kier molecular flexibility index (Phi) is 3.79. The summed E-state index contributed by atoms with van der Waals surface area (Å²) in [4.78, 5) is 20.6. The zero-order valence-electron chi connectivity index (χ0n) is 11.1. The molecule has 0 saturated heterocycles. The molecule has 2 heterocycles. The molecule has 0 aliphatic rings. The summed E-state index contributed by atoms with van der Waals surface area (Å²) >= 11 is 5.98. The average Bonchev–Trinajstić information content (AvgIpc) is 2.52. The van der Waals surface area contributed by atoms with Crippen molar-refractivity contribution >= 4 is 28.4 Å². The van der Waals surface area contributed by atoms with Crippen LogP contribution < -0.4 is 5.32 Å². The molecular weight excluding hydrogens is 286 g/mol. The average molecular weight is 298 g/mol. The Hall–Kier alpha value is -2.46. The Bertz CT molecular complexity index is 790. The molecular formula is C16H12ClN3O. The van der Waals surface area contributed by atoms with Crippen LogP contribution >= 0.6 is 11.6 Å². The molecule has 0 aliphatic carbocycles. The van der Waals surface area contributed by atoms with Gasteiger partial charge in [0.2, 0.25) is 0 Å². The van der Waals surface area contributed by atoms with E-state index in [2.05, 4.69) is 15.3 Å². The number of hydrogen-bond donors (Lipinski definition) is 1. The van der Waals surface area contributed by atoms with Crippen molar-refractivity contribution in [2.75, 3.05) is 0 Å². The van der Waals surface area contributed by atoms with Gasteiger partial charge in [0.25, 0.3) is 5.91 Å². The van der Waals surface area contributed by atoms with Crippen LogP contribution in [0.4, 0.5) is 0 Å². The van der Waals surface area contributed by atoms with Crippen LogP contribution in [-0.4, -0.2) is 15.9 Å². The van der Waals surface area contributed by atoms with Crippen LogP contribution in [0.15, 0.2) is 54.9 Å². The standard InChI is InChI=1S/C16H12ClN3O/c17-15-8-13(12-5-1-2-6-14(12)20-15)16(21)19-10-11-4-3-7-18-9-11/h1-9H,10H2,(H,19,21). The van der Waals surface area contributed by atoms with Gasteiger partial charge in [-0.1, -0.05) is 35.9 Å². The van der Waals surface area contributed by atoms with Crippen molar-refractivity contribution in [2.24, 2.45) is 0 Å². The van der Waals surface area contributed by atoms with Crippen LogP contribution in [0.5, 0.6) is 0 Å². The van der Waals surface area contributed by atoms with Gasteiger partial charge in [-0.15, -0.1) is 0 Å². The van der Waals surface area contributed by atoms with Gasteiger partial charge < -0.3 is 5.32 Å². The molecule has 0 spiro atoms. The van der Waals surface area contributed by atoms with Crippen LogP contribution in [0, 0.1) is 0 Å². The first kappa shape index (κ1) is 13.5. The second-order valence-corrected chi connectivity index (χ2v) is 4.94. The lowest BCUT2D eigenvalue weighted by Crippen LogP contribution is -2.23. The predicted octanol–water partition coefficient (Wildman–Crippen LogP) is 3.21. The highest BCUT2D eigenvalue weighted by atomic mass is 35.5. The van der Waals surface area contributed by atoms with Crippen LogP contribution in [0.1, 0.15) is 15.9 Å². The largest absolute Gasteiger partial charge is 0.348 e. The molecule has 0 unspecified atom stereocenters. The number of halogens is 1. The van der Waals surface area contributed by atoms with Crippen LogP contribution in [0.25, 0.3) is 10.9 Å². The van der Waals surface area contributed by atoms with Gasteiger partial charge in [0.05, 0.1) is 11.1 Å². The second-order valence-electron chi connectivity index (χ2n) is 4.55. The number of rotatable bonds is 3. The van der Waals surface area contributed by atoms with Gasteiger partial charge in [0, 0.05) is 24.3 Å². The lowest BCUT2D eigenvalue weighted by molar-refractivity contribution is 0.0952. The van der Waals surface area contributed by atoms with E-state index in [1.165, 1.54) is 0 Å². The highest BCUT2D eigenvalue weighted by Crippen LogP contribution is 2.20. The summed E-state index contributed by atoms with van der Waals surface area (Å²) in [5.74, 6) is -0.181. The van der Waals surface area contributed by atoms with E-state index >= 15 is 0 Å². The first-order chi connectivity index (χ1) is 10.2. The van der Waals surface area contributed by atoms with Crippen molar-refractivity contribution in [1.82, 2.24) is 15.3 Å². The molecule has 0 aliphatic heterocycles. The second kappa shape index (κ2) is 5.89. The van der Waals surface area contributed by atoms with Gasteiger partial charge in [0.15, 0.2) is 0 Å². The molecule has 0 radical (unpaired) electrons. The van der Waals surface area contributed by atoms with Gasteiger partial charge >= 0.3 is 0 Å². The van der Waals surface area contributed by atoms with E-state index in [-0.39, 0.29) is 5.91 Å². The van der Waals surface area contributed by atoms with E-state index < -0.39 is 0 Å². The van der Waals surface area contributed by atoms with E-state index in [0.29, 0.717) is 22.8 Å². The maximum atomic E-state index is 12.4. The van der Waals surface area contributed by atoms with Gasteiger partial charge in [-0.3, -0.25) is 9.78 Å². The molecule has 5 heteroatoms. The zero-order valence-corrected chi connectivity index (χ0v) is 11.8. The quantitative estimate of drug-likeness (QED) is 0.755. The molecule has 21 heavy (non-hydrogen) atoms. The van der Waals surface area contributed by atoms with E-state index in [9.17, 15) is 4.79 Å². The Morgan fingerprint density at radius 1 is 1.19 bits per heavy atom. The Morgan fingerprint density at radius 3 is 2.86 bits per heavy atom. The lowest BCUT2D eigenvalue weighted by atomic mass is 10.1. The third-order valence-electron chi connectivity index (χ3n) is 3.11. The fraction of sp³-hybridized carbons (Fsp3) is 0.0625. The number of benzene rings is 1. The van der Waals surface area contributed by atoms with E-state index in [1.807, 2.05) is 36.4 Å². The number of nitrogens with zero attached hydrogens (tertiary/aromatic N) is 2. The molecule has 4 nitrogen and oxygen atoms in total. The van der Waals surface area contributed by atoms with Crippen molar-refractivity contribution in [3.8, 4) is 0 Å². The summed E-state index contributed by atoms with van der Waals surface area (Å²) in [7, 11) is 0. The fourth-order valence-corrected chi connectivity index (χ4v) is 2.31. The van der Waals surface area contributed by atoms with E-state index in [1.54, 1.807) is 18.5 Å². The Morgan fingerprint density at radius 2 is 2.05 bits per heavy atom. The number of para-hydroxylation sites is 1. The molecule has 104 valence electrons. The minimum Gasteiger partial charge on any atom is -0.348 e. The first-order valence-corrected chi connectivity index (χ1v) is 6.84. The molecule has 1 N–H and O–H groups in total. The summed E-state index contributed by atoms with van der Waals surface area (Å²) in [5, 5.41) is 3.96. The van der Waals surface area contributed by atoms with E-state index in [0.717, 1.165) is 10.9 Å². The monoisotopic (exact) mass is 297 g/mol. The maximum absolute atomic E-state index is 12.4. The molecule has 0 fully saturated rings. The number of amides is 1. The van der Waals surface area contributed by atoms with Crippen molar-refractivity contribution < 1.29 is 4.79 Å². The first-order valence-electron chi connectivity index (χ1n) is 6.46. The van der Waals surface area contributed by atoms with Gasteiger partial charge in [-0.05, 0) is 23.8 Å². The van der Waals surface area contributed by atoms with Crippen molar-refractivity contribution in [1.29, 1.82) is 0 Å². The summed E-state index contributed by atoms with van der Waals surface area (Å²) in [6, 6.07) is 12.8. The number of hydrogen-bond acceptors (Lipinski definition) is 3. The normalized spacial score (nSPS) is 10.5. The molecule has 0 saturated carbocycles. The summed E-state index contributed by atoms with van der Waals surface area (Å²) in [6.45, 7) is 0.418. The summed E-state index contributed by atoms with van der Waals surface area (Å²) < 4.78 is 0. The SMILES string of the molecule is O=C(NCc1cccnc1)c1cc(Cl)nc2ccccc12. The van der Waals surface area contributed by atoms with Crippen molar-refractivity contribution in [3.63, 3.8) is 0 Å². The number of aromatic nitrogens is 2. The van der Waals surface area contributed by atoms with Gasteiger partial charge in [-0.2, -0.15) is 0 Å². The molecule has 0 atom stereocenters. The Balaban J connectivity index is 1.88. The van der Waals surface area contributed by atoms with Gasteiger partial charge in [-0.25, -0.2) is 4.98 Å². The third kappa shape index (κ3) is 3.01. The number of pyridine rings is 2. The topological polar surface area (TPSA) is 54.9 Å². The molecule has 3 aromatic rings. The molecule has 1 amide bonds. The molecule has 1 aromatic carbocycles. The number of carbonyl (C=O) groups excluding carboxylic acids is 1. The predicted molar refractivity (Wildman–Crippen MR) is 82.2 cm³/mol. The van der Waals surface area contributed by atoms with Crippen molar-refractivity contribution in [2.45, 2.75) is 6.54 Å². The van der Waals surface area contributed by atoms with Crippen molar-refractivity contribution in [3.05, 3.63) is 71.1 Å². The highest BCUT2D eigenvalue weighted by Gasteiger charge is 2.12. The minimum absolute atomic E-state index is 0.181. The molecule has 3 rings (SSSR count). The minimum atomic E-state index is -0.181. The summed E-state index contributed by atoms with van der Waals surface area (Å²) in [5.41, 5.74) is 2.17.